The SMILES string of the molecule is CCCCCCCCCCC/C=C/CCCCOC[C@@H]1OC[C@@H](O)[C@H](O)[C@H]1O. The Balaban J connectivity index is 1.82. The molecule has 1 aliphatic heterocycles. The zero-order valence-corrected chi connectivity index (χ0v) is 17.9. The first-order valence-electron chi connectivity index (χ1n) is 11.5. The maximum atomic E-state index is 9.82. The van der Waals surface area contributed by atoms with Gasteiger partial charge in [0.2, 0.25) is 0 Å². The number of allylic oxidation sites excluding steroid dienone is 2. The maximum Gasteiger partial charge on any atom is 0.111 e. The molecule has 0 bridgehead atoms. The quantitative estimate of drug-likeness (QED) is 0.253. The Kier molecular flexibility index (Phi) is 15.9. The van der Waals surface area contributed by atoms with E-state index in [1.165, 1.54) is 64.2 Å². The van der Waals surface area contributed by atoms with E-state index in [1.54, 1.807) is 0 Å². The molecule has 0 aromatic rings. The Morgan fingerprint density at radius 3 is 2.00 bits per heavy atom. The van der Waals surface area contributed by atoms with Gasteiger partial charge in [-0.15, -0.1) is 0 Å². The summed E-state index contributed by atoms with van der Waals surface area (Å²) in [5, 5.41) is 28.8. The van der Waals surface area contributed by atoms with E-state index >= 15 is 0 Å². The summed E-state index contributed by atoms with van der Waals surface area (Å²) in [5.41, 5.74) is 0. The number of rotatable bonds is 17. The number of hydrogen-bond donors (Lipinski definition) is 3. The van der Waals surface area contributed by atoms with E-state index in [1.807, 2.05) is 0 Å². The first-order valence-corrected chi connectivity index (χ1v) is 11.5. The van der Waals surface area contributed by atoms with Crippen molar-refractivity contribution < 1.29 is 24.8 Å². The van der Waals surface area contributed by atoms with Crippen LogP contribution in [0.1, 0.15) is 90.4 Å². The van der Waals surface area contributed by atoms with Gasteiger partial charge >= 0.3 is 0 Å². The average Bonchev–Trinajstić information content (AvgIpc) is 2.70. The molecule has 0 saturated carbocycles. The summed E-state index contributed by atoms with van der Waals surface area (Å²) < 4.78 is 10.8. The maximum absolute atomic E-state index is 9.82. The molecule has 1 rings (SSSR count). The van der Waals surface area contributed by atoms with Crippen molar-refractivity contribution in [2.24, 2.45) is 0 Å². The van der Waals surface area contributed by atoms with Crippen LogP contribution in [0.4, 0.5) is 0 Å². The summed E-state index contributed by atoms with van der Waals surface area (Å²) in [6.45, 7) is 3.17. The van der Waals surface area contributed by atoms with Gasteiger partial charge in [-0.1, -0.05) is 70.4 Å². The van der Waals surface area contributed by atoms with Crippen LogP contribution in [0.5, 0.6) is 0 Å². The number of hydrogen-bond acceptors (Lipinski definition) is 5. The summed E-state index contributed by atoms with van der Waals surface area (Å²) in [5.74, 6) is 0. The lowest BCUT2D eigenvalue weighted by Crippen LogP contribution is -2.54. The normalized spacial score (nSPS) is 25.6. The van der Waals surface area contributed by atoms with Crippen LogP contribution in [0.25, 0.3) is 0 Å². The van der Waals surface area contributed by atoms with Gasteiger partial charge in [0.05, 0.1) is 13.2 Å². The summed E-state index contributed by atoms with van der Waals surface area (Å²) >= 11 is 0. The molecule has 0 aliphatic carbocycles. The number of unbranched alkanes of at least 4 members (excludes halogenated alkanes) is 11. The van der Waals surface area contributed by atoms with Crippen molar-refractivity contribution in [1.82, 2.24) is 0 Å². The monoisotopic (exact) mass is 400 g/mol. The fourth-order valence-electron chi connectivity index (χ4n) is 3.49. The van der Waals surface area contributed by atoms with Gasteiger partial charge in [-0.2, -0.15) is 0 Å². The molecule has 0 radical (unpaired) electrons. The van der Waals surface area contributed by atoms with Gasteiger partial charge in [-0.3, -0.25) is 0 Å². The van der Waals surface area contributed by atoms with Crippen LogP contribution < -0.4 is 0 Å². The highest BCUT2D eigenvalue weighted by Gasteiger charge is 2.37. The zero-order valence-electron chi connectivity index (χ0n) is 17.9. The van der Waals surface area contributed by atoms with Crippen LogP contribution in [-0.2, 0) is 9.47 Å². The van der Waals surface area contributed by atoms with Crippen molar-refractivity contribution in [3.05, 3.63) is 12.2 Å². The summed E-state index contributed by atoms with van der Waals surface area (Å²) in [6, 6.07) is 0. The van der Waals surface area contributed by atoms with Crippen molar-refractivity contribution in [3.8, 4) is 0 Å². The second-order valence-electron chi connectivity index (χ2n) is 8.08. The predicted molar refractivity (Wildman–Crippen MR) is 113 cm³/mol. The summed E-state index contributed by atoms with van der Waals surface area (Å²) in [7, 11) is 0. The van der Waals surface area contributed by atoms with Crippen LogP contribution in [-0.4, -0.2) is 59.6 Å². The molecular weight excluding hydrogens is 356 g/mol. The topological polar surface area (TPSA) is 79.2 Å². The van der Waals surface area contributed by atoms with Crippen LogP contribution in [0.15, 0.2) is 12.2 Å². The van der Waals surface area contributed by atoms with E-state index in [0.717, 1.165) is 19.3 Å². The van der Waals surface area contributed by atoms with E-state index in [-0.39, 0.29) is 13.2 Å². The van der Waals surface area contributed by atoms with Gasteiger partial charge in [0, 0.05) is 6.61 Å². The Morgan fingerprint density at radius 1 is 0.786 bits per heavy atom. The molecule has 0 aromatic carbocycles. The van der Waals surface area contributed by atoms with Crippen molar-refractivity contribution in [3.63, 3.8) is 0 Å². The molecule has 5 nitrogen and oxygen atoms in total. The first-order chi connectivity index (χ1) is 13.7. The molecular formula is C23H44O5. The molecule has 0 aromatic heterocycles. The van der Waals surface area contributed by atoms with Crippen molar-refractivity contribution >= 4 is 0 Å². The predicted octanol–water partition coefficient (Wildman–Crippen LogP) is 4.13. The second-order valence-corrected chi connectivity index (χ2v) is 8.08. The minimum Gasteiger partial charge on any atom is -0.388 e. The smallest absolute Gasteiger partial charge is 0.111 e. The average molecular weight is 401 g/mol. The van der Waals surface area contributed by atoms with E-state index in [2.05, 4.69) is 19.1 Å². The van der Waals surface area contributed by atoms with Gasteiger partial charge in [-0.05, 0) is 32.1 Å². The number of ether oxygens (including phenoxy) is 2. The van der Waals surface area contributed by atoms with Gasteiger partial charge < -0.3 is 24.8 Å². The fraction of sp³-hybridized carbons (Fsp3) is 0.913. The van der Waals surface area contributed by atoms with Crippen molar-refractivity contribution in [2.45, 2.75) is 115 Å². The van der Waals surface area contributed by atoms with Crippen LogP contribution in [0.2, 0.25) is 0 Å². The fourth-order valence-corrected chi connectivity index (χ4v) is 3.49. The Hall–Kier alpha value is -0.460. The molecule has 166 valence electrons. The molecule has 1 saturated heterocycles. The number of aliphatic hydroxyl groups is 3. The first kappa shape index (κ1) is 25.6. The Bertz CT molecular complexity index is 374. The molecule has 4 atom stereocenters. The zero-order chi connectivity index (χ0) is 20.5. The lowest BCUT2D eigenvalue weighted by molar-refractivity contribution is -0.199. The highest BCUT2D eigenvalue weighted by molar-refractivity contribution is 4.86. The molecule has 0 spiro atoms. The number of aliphatic hydroxyl groups excluding tert-OH is 3. The van der Waals surface area contributed by atoms with Gasteiger partial charge in [-0.25, -0.2) is 0 Å². The largest absolute Gasteiger partial charge is 0.388 e. The van der Waals surface area contributed by atoms with Gasteiger partial charge in [0.1, 0.15) is 24.4 Å². The van der Waals surface area contributed by atoms with Crippen LogP contribution in [0.3, 0.4) is 0 Å². The molecule has 0 unspecified atom stereocenters. The highest BCUT2D eigenvalue weighted by atomic mass is 16.6. The third kappa shape index (κ3) is 12.2. The third-order valence-electron chi connectivity index (χ3n) is 5.44. The molecule has 1 fully saturated rings. The minimum atomic E-state index is -1.15. The summed E-state index contributed by atoms with van der Waals surface area (Å²) in [6.07, 6.45) is 17.5. The van der Waals surface area contributed by atoms with Gasteiger partial charge in [0.15, 0.2) is 0 Å². The molecule has 0 amide bonds. The lowest BCUT2D eigenvalue weighted by Gasteiger charge is -2.35. The molecule has 3 N–H and O–H groups in total. The van der Waals surface area contributed by atoms with E-state index < -0.39 is 24.4 Å². The second kappa shape index (κ2) is 17.4. The minimum absolute atomic E-state index is 0.0377. The standard InChI is InChI=1S/C23H44O5/c1-2-3-4-5-6-7-8-9-10-11-12-13-14-15-16-17-27-19-21-23(26)22(25)20(24)18-28-21/h12-13,20-26H,2-11,14-19H2,1H3/b13-12+/t20-,21+,22+,23+/m1/s1. The Labute approximate surface area is 172 Å². The highest BCUT2D eigenvalue weighted by Crippen LogP contribution is 2.16. The van der Waals surface area contributed by atoms with Crippen LogP contribution in [0, 0.1) is 0 Å². The third-order valence-corrected chi connectivity index (χ3v) is 5.44. The van der Waals surface area contributed by atoms with E-state index in [0.29, 0.717) is 6.61 Å². The Morgan fingerprint density at radius 2 is 1.36 bits per heavy atom. The molecule has 5 heteroatoms. The van der Waals surface area contributed by atoms with E-state index in [4.69, 9.17) is 9.47 Å². The van der Waals surface area contributed by atoms with E-state index in [9.17, 15) is 15.3 Å². The van der Waals surface area contributed by atoms with Crippen molar-refractivity contribution in [2.75, 3.05) is 19.8 Å². The lowest BCUT2D eigenvalue weighted by atomic mass is 10.0. The van der Waals surface area contributed by atoms with Gasteiger partial charge in [0.25, 0.3) is 0 Å². The molecule has 1 heterocycles. The van der Waals surface area contributed by atoms with Crippen molar-refractivity contribution in [1.29, 1.82) is 0 Å². The van der Waals surface area contributed by atoms with Crippen LogP contribution >= 0.6 is 0 Å². The molecule has 1 aliphatic rings. The molecule has 28 heavy (non-hydrogen) atoms. The summed E-state index contributed by atoms with van der Waals surface area (Å²) in [4.78, 5) is 0.